The summed E-state index contributed by atoms with van der Waals surface area (Å²) >= 11 is 0. The van der Waals surface area contributed by atoms with E-state index in [0.29, 0.717) is 50.5 Å². The van der Waals surface area contributed by atoms with E-state index in [1.54, 1.807) is 22.9 Å². The van der Waals surface area contributed by atoms with Gasteiger partial charge in [-0.3, -0.25) is 9.59 Å². The zero-order chi connectivity index (χ0) is 18.2. The Balaban J connectivity index is 1.64. The second-order valence-electron chi connectivity index (χ2n) is 7.89. The summed E-state index contributed by atoms with van der Waals surface area (Å²) in [5.74, 6) is 1.10. The maximum Gasteiger partial charge on any atom is 0.276 e. The van der Waals surface area contributed by atoms with Crippen molar-refractivity contribution in [2.24, 2.45) is 11.3 Å². The van der Waals surface area contributed by atoms with Crippen LogP contribution in [0.5, 0.6) is 0 Å². The van der Waals surface area contributed by atoms with Crippen LogP contribution < -0.4 is 0 Å². The number of carbonyl (C=O) groups excluding carboxylic acids is 2. The van der Waals surface area contributed by atoms with Crippen LogP contribution in [-0.4, -0.2) is 64.7 Å². The van der Waals surface area contributed by atoms with E-state index < -0.39 is 11.5 Å². The van der Waals surface area contributed by atoms with Crippen LogP contribution in [0.25, 0.3) is 0 Å². The van der Waals surface area contributed by atoms with Crippen LogP contribution in [0.1, 0.15) is 49.4 Å². The Hall–Kier alpha value is -1.89. The quantitative estimate of drug-likeness (QED) is 0.889. The van der Waals surface area contributed by atoms with E-state index in [4.69, 9.17) is 4.52 Å². The van der Waals surface area contributed by atoms with Crippen LogP contribution in [-0.2, 0) is 11.2 Å². The van der Waals surface area contributed by atoms with E-state index in [-0.39, 0.29) is 11.8 Å². The lowest BCUT2D eigenvalue weighted by Crippen LogP contribution is -2.56. The van der Waals surface area contributed by atoms with Crippen molar-refractivity contribution in [2.75, 3.05) is 26.7 Å². The third-order valence-corrected chi connectivity index (χ3v) is 5.31. The predicted molar refractivity (Wildman–Crippen MR) is 90.9 cm³/mol. The van der Waals surface area contributed by atoms with Gasteiger partial charge in [-0.15, -0.1) is 0 Å². The third kappa shape index (κ3) is 3.56. The number of aliphatic hydroxyl groups excluding tert-OH is 1. The van der Waals surface area contributed by atoms with Crippen molar-refractivity contribution in [3.63, 3.8) is 0 Å². The monoisotopic (exact) mass is 349 g/mol. The number of hydrogen-bond donors (Lipinski definition) is 1. The first kappa shape index (κ1) is 17.9. The zero-order valence-electron chi connectivity index (χ0n) is 15.2. The minimum absolute atomic E-state index is 0.0885. The van der Waals surface area contributed by atoms with E-state index in [9.17, 15) is 14.7 Å². The molecule has 0 aromatic carbocycles. The van der Waals surface area contributed by atoms with Crippen LogP contribution in [0.3, 0.4) is 0 Å². The summed E-state index contributed by atoms with van der Waals surface area (Å²) in [4.78, 5) is 28.6. The van der Waals surface area contributed by atoms with Crippen LogP contribution in [0.15, 0.2) is 10.6 Å². The molecule has 0 bridgehead atoms. The maximum absolute atomic E-state index is 12.6. The van der Waals surface area contributed by atoms with Crippen molar-refractivity contribution in [2.45, 2.75) is 45.6 Å². The van der Waals surface area contributed by atoms with Crippen molar-refractivity contribution in [3.05, 3.63) is 17.5 Å². The Morgan fingerprint density at radius 2 is 2.12 bits per heavy atom. The number of likely N-dealkylation sites (N-methyl/N-ethyl adjacent to an activating group) is 1. The standard InChI is InChI=1S/C18H27N3O4/c1-12(2)8-14-9-15(19-25-14)16(23)21-6-4-18(5-7-21)10-13(22)11-20(3)17(18)24/h9,12-13,22H,4-8,10-11H2,1-3H3. The molecule has 2 aliphatic rings. The lowest BCUT2D eigenvalue weighted by atomic mass is 9.71. The Labute approximate surface area is 147 Å². The second kappa shape index (κ2) is 6.78. The first-order valence-electron chi connectivity index (χ1n) is 8.99. The highest BCUT2D eigenvalue weighted by Gasteiger charge is 2.48. The number of aromatic nitrogens is 1. The summed E-state index contributed by atoms with van der Waals surface area (Å²) in [5, 5.41) is 14.0. The number of β-amino-alcohol motifs (C(OH)–C–C–N with tert-alkyl or cyclic N) is 1. The van der Waals surface area contributed by atoms with Gasteiger partial charge in [-0.2, -0.15) is 0 Å². The Bertz CT molecular complexity index is 647. The fourth-order valence-electron chi connectivity index (χ4n) is 4.04. The number of rotatable bonds is 3. The average molecular weight is 349 g/mol. The highest BCUT2D eigenvalue weighted by atomic mass is 16.5. The molecule has 1 N–H and O–H groups in total. The topological polar surface area (TPSA) is 86.9 Å². The van der Waals surface area contributed by atoms with Gasteiger partial charge in [-0.25, -0.2) is 0 Å². The number of piperidine rings is 2. The molecule has 2 saturated heterocycles. The molecule has 7 nitrogen and oxygen atoms in total. The molecular weight excluding hydrogens is 322 g/mol. The molecule has 7 heteroatoms. The first-order valence-corrected chi connectivity index (χ1v) is 8.99. The first-order chi connectivity index (χ1) is 11.8. The Morgan fingerprint density at radius 1 is 1.44 bits per heavy atom. The van der Waals surface area contributed by atoms with Gasteiger partial charge in [0.15, 0.2) is 5.69 Å². The van der Waals surface area contributed by atoms with Crippen LogP contribution in [0.4, 0.5) is 0 Å². The molecule has 1 atom stereocenters. The van der Waals surface area contributed by atoms with Crippen molar-refractivity contribution < 1.29 is 19.2 Å². The molecule has 2 fully saturated rings. The van der Waals surface area contributed by atoms with Gasteiger partial charge in [0.1, 0.15) is 5.76 Å². The smallest absolute Gasteiger partial charge is 0.276 e. The number of amides is 2. The number of nitrogens with zero attached hydrogens (tertiary/aromatic N) is 3. The lowest BCUT2D eigenvalue weighted by Gasteiger charge is -2.46. The number of aliphatic hydroxyl groups is 1. The molecule has 1 unspecified atom stereocenters. The highest BCUT2D eigenvalue weighted by molar-refractivity contribution is 5.92. The van der Waals surface area contributed by atoms with Gasteiger partial charge in [0, 0.05) is 39.2 Å². The fraction of sp³-hybridized carbons (Fsp3) is 0.722. The second-order valence-corrected chi connectivity index (χ2v) is 7.89. The molecule has 0 aliphatic carbocycles. The molecule has 138 valence electrons. The van der Waals surface area contributed by atoms with Gasteiger partial charge >= 0.3 is 0 Å². The SMILES string of the molecule is CC(C)Cc1cc(C(=O)N2CCC3(CC2)CC(O)CN(C)C3=O)no1. The van der Waals surface area contributed by atoms with Crippen LogP contribution >= 0.6 is 0 Å². The van der Waals surface area contributed by atoms with Gasteiger partial charge in [0.25, 0.3) is 5.91 Å². The predicted octanol–water partition coefficient (Wildman–Crippen LogP) is 1.32. The molecule has 2 amide bonds. The van der Waals surface area contributed by atoms with Gasteiger partial charge < -0.3 is 19.4 Å². The fourth-order valence-corrected chi connectivity index (χ4v) is 4.04. The molecule has 0 radical (unpaired) electrons. The molecular formula is C18H27N3O4. The summed E-state index contributed by atoms with van der Waals surface area (Å²) in [6.45, 7) is 5.55. The van der Waals surface area contributed by atoms with E-state index >= 15 is 0 Å². The van der Waals surface area contributed by atoms with Gasteiger partial charge in [0.05, 0.1) is 11.5 Å². The van der Waals surface area contributed by atoms with Crippen LogP contribution in [0, 0.1) is 11.3 Å². The van der Waals surface area contributed by atoms with Crippen molar-refractivity contribution >= 4 is 11.8 Å². The van der Waals surface area contributed by atoms with Gasteiger partial charge in [0.2, 0.25) is 5.91 Å². The molecule has 2 aliphatic heterocycles. The molecule has 1 spiro atoms. The minimum Gasteiger partial charge on any atom is -0.391 e. The summed E-state index contributed by atoms with van der Waals surface area (Å²) in [5.41, 5.74) is -0.200. The summed E-state index contributed by atoms with van der Waals surface area (Å²) in [6, 6.07) is 1.72. The molecule has 3 heterocycles. The highest BCUT2D eigenvalue weighted by Crippen LogP contribution is 2.40. The lowest BCUT2D eigenvalue weighted by molar-refractivity contribution is -0.154. The zero-order valence-corrected chi connectivity index (χ0v) is 15.2. The summed E-state index contributed by atoms with van der Waals surface area (Å²) in [6.07, 6.45) is 1.91. The van der Waals surface area contributed by atoms with E-state index in [0.717, 1.165) is 12.2 Å². The number of carbonyl (C=O) groups is 2. The van der Waals surface area contributed by atoms with Crippen molar-refractivity contribution in [1.29, 1.82) is 0 Å². The number of likely N-dealkylation sites (tertiary alicyclic amines) is 2. The largest absolute Gasteiger partial charge is 0.391 e. The van der Waals surface area contributed by atoms with Gasteiger partial charge in [-0.05, 0) is 25.2 Å². The van der Waals surface area contributed by atoms with Gasteiger partial charge in [-0.1, -0.05) is 19.0 Å². The minimum atomic E-state index is -0.532. The summed E-state index contributed by atoms with van der Waals surface area (Å²) in [7, 11) is 1.73. The molecule has 0 saturated carbocycles. The number of hydrogen-bond acceptors (Lipinski definition) is 5. The normalized spacial score (nSPS) is 23.6. The Morgan fingerprint density at radius 3 is 2.76 bits per heavy atom. The van der Waals surface area contributed by atoms with Crippen LogP contribution in [0.2, 0.25) is 0 Å². The molecule has 1 aromatic rings. The average Bonchev–Trinajstić information content (AvgIpc) is 3.00. The summed E-state index contributed by atoms with van der Waals surface area (Å²) < 4.78 is 5.25. The van der Waals surface area contributed by atoms with E-state index in [1.807, 2.05) is 0 Å². The Kier molecular flexibility index (Phi) is 4.86. The van der Waals surface area contributed by atoms with E-state index in [1.165, 1.54) is 0 Å². The maximum atomic E-state index is 12.6. The molecule has 3 rings (SSSR count). The molecule has 1 aromatic heterocycles. The third-order valence-electron chi connectivity index (χ3n) is 5.31. The van der Waals surface area contributed by atoms with E-state index in [2.05, 4.69) is 19.0 Å². The molecule has 25 heavy (non-hydrogen) atoms. The van der Waals surface area contributed by atoms with Crippen molar-refractivity contribution in [3.8, 4) is 0 Å². The van der Waals surface area contributed by atoms with Crippen molar-refractivity contribution in [1.82, 2.24) is 15.0 Å².